The highest BCUT2D eigenvalue weighted by Gasteiger charge is 2.18. The van der Waals surface area contributed by atoms with Crippen molar-refractivity contribution in [1.82, 2.24) is 14.5 Å². The molecule has 0 aliphatic heterocycles. The molecule has 10 heteroatoms. The summed E-state index contributed by atoms with van der Waals surface area (Å²) >= 11 is 0. The lowest BCUT2D eigenvalue weighted by atomic mass is 9.99. The summed E-state index contributed by atoms with van der Waals surface area (Å²) in [7, 11) is 6.24. The van der Waals surface area contributed by atoms with Crippen LogP contribution >= 0.6 is 0 Å². The van der Waals surface area contributed by atoms with Crippen LogP contribution in [0.25, 0.3) is 22.2 Å². The van der Waals surface area contributed by atoms with Gasteiger partial charge in [0.15, 0.2) is 34.3 Å². The van der Waals surface area contributed by atoms with Crippen molar-refractivity contribution >= 4 is 16.8 Å². The molecule has 208 valence electrons. The third-order valence-electron chi connectivity index (χ3n) is 6.46. The summed E-state index contributed by atoms with van der Waals surface area (Å²) in [5, 5.41) is 0. The fraction of sp³-hybridized carbons (Fsp3) is 0.161. The third-order valence-corrected chi connectivity index (χ3v) is 6.46. The SMILES string of the molecule is COc1ccc(-c2cn(C)cc(C(=O)Cc3ccc(Oc4ccnc5cc(OC)c(OC)nc45)c(F)c3)c2=O)cc1. The molecule has 0 bridgehead atoms. The van der Waals surface area contributed by atoms with Crippen LogP contribution in [0.3, 0.4) is 0 Å². The number of hydrogen-bond donors (Lipinski definition) is 0. The Hall–Kier alpha value is -5.25. The van der Waals surface area contributed by atoms with Crippen LogP contribution in [0.5, 0.6) is 28.9 Å². The number of Topliss-reactive ketones (excluding diaryl/α,β-unsaturated/α-hetero) is 1. The highest BCUT2D eigenvalue weighted by atomic mass is 19.1. The Bertz CT molecular complexity index is 1820. The molecule has 0 aliphatic carbocycles. The predicted octanol–water partition coefficient (Wildman–Crippen LogP) is 5.38. The van der Waals surface area contributed by atoms with E-state index in [1.807, 2.05) is 0 Å². The van der Waals surface area contributed by atoms with Gasteiger partial charge in [-0.1, -0.05) is 18.2 Å². The molecular weight excluding hydrogens is 529 g/mol. The first-order valence-corrected chi connectivity index (χ1v) is 12.5. The monoisotopic (exact) mass is 555 g/mol. The Morgan fingerprint density at radius 1 is 0.902 bits per heavy atom. The van der Waals surface area contributed by atoms with E-state index in [1.165, 1.54) is 38.7 Å². The molecule has 41 heavy (non-hydrogen) atoms. The van der Waals surface area contributed by atoms with Gasteiger partial charge in [-0.2, -0.15) is 0 Å². The predicted molar refractivity (Wildman–Crippen MR) is 151 cm³/mol. The number of aromatic nitrogens is 3. The largest absolute Gasteiger partial charge is 0.497 e. The Kier molecular flexibility index (Phi) is 7.64. The lowest BCUT2D eigenvalue weighted by molar-refractivity contribution is 0.0991. The summed E-state index contributed by atoms with van der Waals surface area (Å²) in [5.41, 5.74) is 1.87. The third kappa shape index (κ3) is 5.58. The molecule has 5 rings (SSSR count). The van der Waals surface area contributed by atoms with Gasteiger partial charge in [0, 0.05) is 49.8 Å². The molecule has 0 unspecified atom stereocenters. The number of fused-ring (bicyclic) bond motifs is 1. The average Bonchev–Trinajstić information content (AvgIpc) is 2.98. The standard InChI is InChI=1S/C31H26FN3O6/c1-35-16-21(19-6-8-20(38-2)9-7-19)30(37)22(17-35)25(36)14-18-5-10-26(23(32)13-18)41-27-11-12-33-24-15-28(39-3)31(40-4)34-29(24)27/h5-13,15-17H,14H2,1-4H3. The number of carbonyl (C=O) groups excluding carboxylic acids is 1. The second kappa shape index (κ2) is 11.5. The van der Waals surface area contributed by atoms with Gasteiger partial charge >= 0.3 is 0 Å². The molecule has 3 aromatic heterocycles. The van der Waals surface area contributed by atoms with Crippen molar-refractivity contribution in [3.63, 3.8) is 0 Å². The van der Waals surface area contributed by atoms with Crippen LogP contribution in [0.4, 0.5) is 4.39 Å². The second-order valence-electron chi connectivity index (χ2n) is 9.15. The van der Waals surface area contributed by atoms with Crippen LogP contribution in [0.1, 0.15) is 15.9 Å². The summed E-state index contributed by atoms with van der Waals surface area (Å²) in [6, 6.07) is 14.4. The normalized spacial score (nSPS) is 10.9. The van der Waals surface area contributed by atoms with Crippen molar-refractivity contribution in [1.29, 1.82) is 0 Å². The fourth-order valence-corrected chi connectivity index (χ4v) is 4.40. The van der Waals surface area contributed by atoms with Crippen LogP contribution in [0.2, 0.25) is 0 Å². The Labute approximate surface area is 234 Å². The quantitative estimate of drug-likeness (QED) is 0.224. The molecule has 0 aliphatic rings. The van der Waals surface area contributed by atoms with E-state index in [9.17, 15) is 9.59 Å². The minimum absolute atomic E-state index is 0.0141. The van der Waals surface area contributed by atoms with Gasteiger partial charge in [-0.25, -0.2) is 9.37 Å². The van der Waals surface area contributed by atoms with E-state index in [1.54, 1.807) is 67.4 Å². The molecule has 2 aromatic carbocycles. The van der Waals surface area contributed by atoms with E-state index in [0.29, 0.717) is 39.2 Å². The zero-order valence-electron chi connectivity index (χ0n) is 22.8. The zero-order chi connectivity index (χ0) is 29.1. The first-order valence-electron chi connectivity index (χ1n) is 12.5. The molecule has 0 spiro atoms. The summed E-state index contributed by atoms with van der Waals surface area (Å²) < 4.78 is 38.4. The van der Waals surface area contributed by atoms with Crippen molar-refractivity contribution in [2.45, 2.75) is 6.42 Å². The Balaban J connectivity index is 1.39. The van der Waals surface area contributed by atoms with Crippen LogP contribution in [0, 0.1) is 5.82 Å². The number of rotatable bonds is 9. The molecule has 0 N–H and O–H groups in total. The highest BCUT2D eigenvalue weighted by Crippen LogP contribution is 2.34. The van der Waals surface area contributed by atoms with Crippen LogP contribution in [-0.4, -0.2) is 41.6 Å². The van der Waals surface area contributed by atoms with Gasteiger partial charge < -0.3 is 23.5 Å². The number of halogens is 1. The van der Waals surface area contributed by atoms with Crippen molar-refractivity contribution < 1.29 is 28.1 Å². The molecule has 0 saturated heterocycles. The summed E-state index contributed by atoms with van der Waals surface area (Å²) in [6.45, 7) is 0. The maximum Gasteiger partial charge on any atom is 0.257 e. The van der Waals surface area contributed by atoms with E-state index in [2.05, 4.69) is 9.97 Å². The van der Waals surface area contributed by atoms with Crippen LogP contribution in [0.15, 0.2) is 78.0 Å². The molecule has 0 radical (unpaired) electrons. The molecule has 0 saturated carbocycles. The summed E-state index contributed by atoms with van der Waals surface area (Å²) in [6.07, 6.45) is 4.48. The van der Waals surface area contributed by atoms with Crippen LogP contribution in [-0.2, 0) is 13.5 Å². The molecule has 0 fully saturated rings. The van der Waals surface area contributed by atoms with Crippen molar-refractivity contribution in [3.05, 3.63) is 100 Å². The first kappa shape index (κ1) is 27.3. The second-order valence-corrected chi connectivity index (χ2v) is 9.15. The minimum Gasteiger partial charge on any atom is -0.497 e. The number of aryl methyl sites for hydroxylation is 1. The smallest absolute Gasteiger partial charge is 0.257 e. The van der Waals surface area contributed by atoms with Gasteiger partial charge in [-0.3, -0.25) is 14.6 Å². The van der Waals surface area contributed by atoms with Gasteiger partial charge in [0.05, 0.1) is 32.4 Å². The van der Waals surface area contributed by atoms with E-state index < -0.39 is 17.0 Å². The summed E-state index contributed by atoms with van der Waals surface area (Å²) in [4.78, 5) is 35.1. The molecule has 3 heterocycles. The number of hydrogen-bond acceptors (Lipinski definition) is 8. The van der Waals surface area contributed by atoms with E-state index in [-0.39, 0.29) is 29.4 Å². The van der Waals surface area contributed by atoms with Gasteiger partial charge in [0.1, 0.15) is 11.3 Å². The maximum atomic E-state index is 15.2. The lowest BCUT2D eigenvalue weighted by Crippen LogP contribution is -2.20. The van der Waals surface area contributed by atoms with Gasteiger partial charge in [0.2, 0.25) is 0 Å². The number of carbonyl (C=O) groups is 1. The first-order chi connectivity index (χ1) is 19.8. The summed E-state index contributed by atoms with van der Waals surface area (Å²) in [5.74, 6) is 0.365. The number of ketones is 1. The molecule has 0 amide bonds. The fourth-order valence-electron chi connectivity index (χ4n) is 4.40. The number of pyridine rings is 3. The number of methoxy groups -OCH3 is 3. The van der Waals surface area contributed by atoms with Crippen LogP contribution < -0.4 is 24.4 Å². The molecular formula is C31H26FN3O6. The zero-order valence-corrected chi connectivity index (χ0v) is 22.8. The van der Waals surface area contributed by atoms with Gasteiger partial charge in [0.25, 0.3) is 5.88 Å². The van der Waals surface area contributed by atoms with Crippen molar-refractivity contribution in [2.24, 2.45) is 7.05 Å². The molecule has 5 aromatic rings. The van der Waals surface area contributed by atoms with Crippen molar-refractivity contribution in [2.75, 3.05) is 21.3 Å². The van der Waals surface area contributed by atoms with Gasteiger partial charge in [-0.15, -0.1) is 0 Å². The Morgan fingerprint density at radius 2 is 1.68 bits per heavy atom. The Morgan fingerprint density at radius 3 is 2.37 bits per heavy atom. The van der Waals surface area contributed by atoms with Crippen molar-refractivity contribution in [3.8, 4) is 40.0 Å². The topological polar surface area (TPSA) is 102 Å². The maximum absolute atomic E-state index is 15.2. The number of nitrogens with zero attached hydrogens (tertiary/aromatic N) is 3. The van der Waals surface area contributed by atoms with E-state index in [0.717, 1.165) is 0 Å². The molecule has 9 nitrogen and oxygen atoms in total. The van der Waals surface area contributed by atoms with E-state index in [4.69, 9.17) is 18.9 Å². The average molecular weight is 556 g/mol. The number of benzene rings is 2. The van der Waals surface area contributed by atoms with E-state index >= 15 is 4.39 Å². The highest BCUT2D eigenvalue weighted by molar-refractivity contribution is 5.98. The van der Waals surface area contributed by atoms with Gasteiger partial charge in [-0.05, 0) is 35.4 Å². The molecule has 0 atom stereocenters. The lowest BCUT2D eigenvalue weighted by Gasteiger charge is -2.12. The minimum atomic E-state index is -0.680. The number of ether oxygens (including phenoxy) is 4.